The van der Waals surface area contributed by atoms with Crippen LogP contribution in [0.1, 0.15) is 25.5 Å². The highest BCUT2D eigenvalue weighted by Gasteiger charge is 2.29. The van der Waals surface area contributed by atoms with Crippen LogP contribution in [0.2, 0.25) is 0 Å². The molecule has 1 aromatic carbocycles. The maximum atomic E-state index is 13.0. The highest BCUT2D eigenvalue weighted by Crippen LogP contribution is 2.32. The number of benzene rings is 1. The number of piperidine rings is 1. The standard InChI is InChI=1S/C21H22N6O3S/c1-3-29-14-6-7-15-16(9-14)31-21(24-15)25-19(28)13-5-4-8-27(10-13)18-17-12(2)26-30-20(17)23-11-22-18/h6-7,9,11,13H,3-5,8,10H2,1-2H3,(H,24,25,28)/t13-/m0/s1. The van der Waals surface area contributed by atoms with E-state index in [0.717, 1.165) is 52.3 Å². The lowest BCUT2D eigenvalue weighted by molar-refractivity contribution is -0.120. The van der Waals surface area contributed by atoms with Gasteiger partial charge in [0.2, 0.25) is 5.91 Å². The van der Waals surface area contributed by atoms with Crippen molar-refractivity contribution in [2.45, 2.75) is 26.7 Å². The molecule has 160 valence electrons. The summed E-state index contributed by atoms with van der Waals surface area (Å²) < 4.78 is 11.8. The minimum Gasteiger partial charge on any atom is -0.494 e. The number of amides is 1. The number of aromatic nitrogens is 4. The summed E-state index contributed by atoms with van der Waals surface area (Å²) >= 11 is 1.45. The molecule has 0 aliphatic carbocycles. The summed E-state index contributed by atoms with van der Waals surface area (Å²) in [6.07, 6.45) is 3.19. The van der Waals surface area contributed by atoms with Crippen molar-refractivity contribution in [3.8, 4) is 5.75 Å². The van der Waals surface area contributed by atoms with Crippen LogP contribution < -0.4 is 15.0 Å². The molecule has 31 heavy (non-hydrogen) atoms. The fourth-order valence-electron chi connectivity index (χ4n) is 3.95. The van der Waals surface area contributed by atoms with E-state index in [1.807, 2.05) is 32.0 Å². The molecule has 3 aromatic heterocycles. The molecule has 10 heteroatoms. The second kappa shape index (κ2) is 8.10. The monoisotopic (exact) mass is 438 g/mol. The van der Waals surface area contributed by atoms with Crippen molar-refractivity contribution in [3.05, 3.63) is 30.2 Å². The van der Waals surface area contributed by atoms with Crippen LogP contribution in [0.4, 0.5) is 10.9 Å². The van der Waals surface area contributed by atoms with Crippen LogP contribution in [0.25, 0.3) is 21.3 Å². The number of carbonyl (C=O) groups excluding carboxylic acids is 1. The summed E-state index contributed by atoms with van der Waals surface area (Å²) in [5, 5.41) is 8.41. The van der Waals surface area contributed by atoms with Crippen LogP contribution in [0.15, 0.2) is 29.0 Å². The van der Waals surface area contributed by atoms with Gasteiger partial charge in [-0.3, -0.25) is 4.79 Å². The van der Waals surface area contributed by atoms with Gasteiger partial charge in [0.1, 0.15) is 23.3 Å². The molecule has 5 rings (SSSR count). The first-order chi connectivity index (χ1) is 15.1. The zero-order chi connectivity index (χ0) is 21.4. The van der Waals surface area contributed by atoms with E-state index in [1.54, 1.807) is 0 Å². The van der Waals surface area contributed by atoms with E-state index < -0.39 is 0 Å². The Balaban J connectivity index is 1.33. The predicted octanol–water partition coefficient (Wildman–Crippen LogP) is 3.79. The second-order valence-corrected chi connectivity index (χ2v) is 8.53. The molecule has 1 atom stereocenters. The molecule has 4 aromatic rings. The summed E-state index contributed by atoms with van der Waals surface area (Å²) in [6.45, 7) is 5.83. The van der Waals surface area contributed by atoms with E-state index >= 15 is 0 Å². The average molecular weight is 439 g/mol. The quantitative estimate of drug-likeness (QED) is 0.502. The zero-order valence-electron chi connectivity index (χ0n) is 17.3. The number of fused-ring (bicyclic) bond motifs is 2. The van der Waals surface area contributed by atoms with Gasteiger partial charge in [0.25, 0.3) is 5.71 Å². The van der Waals surface area contributed by atoms with Crippen molar-refractivity contribution in [2.24, 2.45) is 5.92 Å². The van der Waals surface area contributed by atoms with Crippen molar-refractivity contribution < 1.29 is 14.1 Å². The van der Waals surface area contributed by atoms with Gasteiger partial charge in [-0.1, -0.05) is 16.5 Å². The lowest BCUT2D eigenvalue weighted by Gasteiger charge is -2.32. The van der Waals surface area contributed by atoms with Crippen molar-refractivity contribution in [3.63, 3.8) is 0 Å². The molecule has 1 saturated heterocycles. The van der Waals surface area contributed by atoms with Gasteiger partial charge in [0.15, 0.2) is 5.13 Å². The predicted molar refractivity (Wildman–Crippen MR) is 119 cm³/mol. The third kappa shape index (κ3) is 3.78. The number of thiazole rings is 1. The second-order valence-electron chi connectivity index (χ2n) is 7.50. The van der Waals surface area contributed by atoms with Crippen LogP contribution in [0.3, 0.4) is 0 Å². The molecule has 0 bridgehead atoms. The van der Waals surface area contributed by atoms with Crippen molar-refractivity contribution in [1.82, 2.24) is 20.1 Å². The van der Waals surface area contributed by atoms with E-state index in [2.05, 4.69) is 30.3 Å². The minimum absolute atomic E-state index is 0.0267. The Kier molecular flexibility index (Phi) is 5.14. The first-order valence-corrected chi connectivity index (χ1v) is 11.1. The molecular weight excluding hydrogens is 416 g/mol. The van der Waals surface area contributed by atoms with E-state index in [4.69, 9.17) is 9.26 Å². The lowest BCUT2D eigenvalue weighted by atomic mass is 9.97. The molecule has 1 fully saturated rings. The molecule has 1 aliphatic heterocycles. The first-order valence-electron chi connectivity index (χ1n) is 10.3. The Bertz CT molecular complexity index is 1250. The number of carbonyl (C=O) groups is 1. The summed E-state index contributed by atoms with van der Waals surface area (Å²) in [6, 6.07) is 5.76. The third-order valence-corrected chi connectivity index (χ3v) is 6.35. The van der Waals surface area contributed by atoms with Crippen LogP contribution in [0.5, 0.6) is 5.75 Å². The normalized spacial score (nSPS) is 16.7. The Morgan fingerprint density at radius 1 is 1.39 bits per heavy atom. The summed E-state index contributed by atoms with van der Waals surface area (Å²) in [5.41, 5.74) is 2.06. The van der Waals surface area contributed by atoms with E-state index in [-0.39, 0.29) is 11.8 Å². The van der Waals surface area contributed by atoms with E-state index in [0.29, 0.717) is 24.0 Å². The van der Waals surface area contributed by atoms with Gasteiger partial charge in [-0.25, -0.2) is 9.97 Å². The number of nitrogens with zero attached hydrogens (tertiary/aromatic N) is 5. The van der Waals surface area contributed by atoms with Gasteiger partial charge in [-0.2, -0.15) is 4.98 Å². The maximum absolute atomic E-state index is 13.0. The number of rotatable bonds is 5. The SMILES string of the molecule is CCOc1ccc2nc(NC(=O)[C@H]3CCCN(c4ncnc5onc(C)c45)C3)sc2c1. The largest absolute Gasteiger partial charge is 0.494 e. The third-order valence-electron chi connectivity index (χ3n) is 5.42. The number of hydrogen-bond acceptors (Lipinski definition) is 9. The molecule has 0 radical (unpaired) electrons. The van der Waals surface area contributed by atoms with E-state index in [1.165, 1.54) is 17.7 Å². The number of nitrogens with one attached hydrogen (secondary N) is 1. The smallest absolute Gasteiger partial charge is 0.263 e. The van der Waals surface area contributed by atoms with Gasteiger partial charge in [-0.05, 0) is 44.9 Å². The van der Waals surface area contributed by atoms with Crippen molar-refractivity contribution in [1.29, 1.82) is 0 Å². The maximum Gasteiger partial charge on any atom is 0.263 e. The highest BCUT2D eigenvalue weighted by molar-refractivity contribution is 7.22. The molecular formula is C21H22N6O3S. The molecule has 1 N–H and O–H groups in total. The van der Waals surface area contributed by atoms with Gasteiger partial charge in [0, 0.05) is 13.1 Å². The van der Waals surface area contributed by atoms with Crippen molar-refractivity contribution >= 4 is 49.5 Å². The van der Waals surface area contributed by atoms with Crippen molar-refractivity contribution in [2.75, 3.05) is 29.9 Å². The van der Waals surface area contributed by atoms with Gasteiger partial charge >= 0.3 is 0 Å². The zero-order valence-corrected chi connectivity index (χ0v) is 18.1. The minimum atomic E-state index is -0.162. The lowest BCUT2D eigenvalue weighted by Crippen LogP contribution is -2.41. The summed E-state index contributed by atoms with van der Waals surface area (Å²) in [5.74, 6) is 1.38. The van der Waals surface area contributed by atoms with Gasteiger partial charge in [0.05, 0.1) is 28.4 Å². The molecule has 0 unspecified atom stereocenters. The Hall–Kier alpha value is -3.27. The number of hydrogen-bond donors (Lipinski definition) is 1. The van der Waals surface area contributed by atoms with E-state index in [9.17, 15) is 4.79 Å². The highest BCUT2D eigenvalue weighted by atomic mass is 32.1. The molecule has 4 heterocycles. The fraction of sp³-hybridized carbons (Fsp3) is 0.381. The molecule has 1 amide bonds. The summed E-state index contributed by atoms with van der Waals surface area (Å²) in [7, 11) is 0. The number of anilines is 2. The summed E-state index contributed by atoms with van der Waals surface area (Å²) in [4.78, 5) is 28.3. The topological polar surface area (TPSA) is 106 Å². The number of aryl methyl sites for hydroxylation is 1. The molecule has 0 spiro atoms. The molecule has 1 aliphatic rings. The number of ether oxygens (including phenoxy) is 1. The van der Waals surface area contributed by atoms with Crippen LogP contribution in [-0.2, 0) is 4.79 Å². The van der Waals surface area contributed by atoms with Crippen LogP contribution in [0, 0.1) is 12.8 Å². The van der Waals surface area contributed by atoms with Gasteiger partial charge in [-0.15, -0.1) is 0 Å². The van der Waals surface area contributed by atoms with Crippen LogP contribution in [-0.4, -0.2) is 45.7 Å². The molecule has 9 nitrogen and oxygen atoms in total. The van der Waals surface area contributed by atoms with Crippen LogP contribution >= 0.6 is 11.3 Å². The first kappa shape index (κ1) is 19.7. The van der Waals surface area contributed by atoms with Gasteiger partial charge < -0.3 is 19.5 Å². The molecule has 0 saturated carbocycles. The Labute approximate surface area is 182 Å². The Morgan fingerprint density at radius 3 is 3.16 bits per heavy atom. The average Bonchev–Trinajstić information content (AvgIpc) is 3.36. The Morgan fingerprint density at radius 2 is 2.29 bits per heavy atom. The fourth-order valence-corrected chi connectivity index (χ4v) is 4.85.